The lowest BCUT2D eigenvalue weighted by Gasteiger charge is -2.20. The molecule has 0 bridgehead atoms. The van der Waals surface area contributed by atoms with E-state index in [0.29, 0.717) is 10.3 Å². The summed E-state index contributed by atoms with van der Waals surface area (Å²) < 4.78 is 7.09. The second kappa shape index (κ2) is 4.28. The molecule has 2 aromatic heterocycles. The molecule has 2 rings (SSSR count). The fraction of sp³-hybridized carbons (Fsp3) is 0.333. The highest BCUT2D eigenvalue weighted by atomic mass is 79.9. The maximum Gasteiger partial charge on any atom is 0.421 e. The summed E-state index contributed by atoms with van der Waals surface area (Å²) in [6, 6.07) is 4.89. The lowest BCUT2D eigenvalue weighted by atomic mass is 10.2. The molecule has 18 heavy (non-hydrogen) atoms. The van der Waals surface area contributed by atoms with Crippen LogP contribution in [0.3, 0.4) is 0 Å². The quantitative estimate of drug-likeness (QED) is 0.810. The molecule has 0 saturated heterocycles. The SMILES string of the molecule is CC(C)(C)OC(=O)n1c(Br)cc2ccc(O)nc21. The normalized spacial score (nSPS) is 11.8. The van der Waals surface area contributed by atoms with Crippen molar-refractivity contribution in [2.75, 3.05) is 0 Å². The minimum Gasteiger partial charge on any atom is -0.493 e. The van der Waals surface area contributed by atoms with Gasteiger partial charge in [0.1, 0.15) is 5.60 Å². The van der Waals surface area contributed by atoms with Crippen molar-refractivity contribution in [3.63, 3.8) is 0 Å². The van der Waals surface area contributed by atoms with Crippen LogP contribution in [0.5, 0.6) is 5.88 Å². The highest BCUT2D eigenvalue weighted by Crippen LogP contribution is 2.25. The van der Waals surface area contributed by atoms with Gasteiger partial charge in [0.25, 0.3) is 0 Å². The van der Waals surface area contributed by atoms with E-state index in [4.69, 9.17) is 4.74 Å². The topological polar surface area (TPSA) is 64.3 Å². The molecule has 0 aliphatic rings. The van der Waals surface area contributed by atoms with E-state index in [0.717, 1.165) is 5.39 Å². The molecule has 0 amide bonds. The van der Waals surface area contributed by atoms with Gasteiger partial charge in [0.15, 0.2) is 5.65 Å². The summed E-state index contributed by atoms with van der Waals surface area (Å²) in [4.78, 5) is 16.0. The van der Waals surface area contributed by atoms with Crippen LogP contribution >= 0.6 is 15.9 Å². The summed E-state index contributed by atoms with van der Waals surface area (Å²) in [5.74, 6) is -0.141. The Morgan fingerprint density at radius 1 is 1.44 bits per heavy atom. The molecule has 0 radical (unpaired) electrons. The minimum absolute atomic E-state index is 0.141. The summed E-state index contributed by atoms with van der Waals surface area (Å²) >= 11 is 3.28. The number of nitrogens with zero attached hydrogens (tertiary/aromatic N) is 2. The second-order valence-electron chi connectivity index (χ2n) is 4.87. The van der Waals surface area contributed by atoms with E-state index in [-0.39, 0.29) is 5.88 Å². The van der Waals surface area contributed by atoms with E-state index >= 15 is 0 Å². The van der Waals surface area contributed by atoms with Crippen LogP contribution in [0.4, 0.5) is 4.79 Å². The molecule has 0 unspecified atom stereocenters. The number of hydrogen-bond donors (Lipinski definition) is 1. The molecule has 5 nitrogen and oxygen atoms in total. The molecular weight excluding hydrogens is 300 g/mol. The van der Waals surface area contributed by atoms with Gasteiger partial charge in [-0.05, 0) is 48.8 Å². The van der Waals surface area contributed by atoms with E-state index in [1.807, 2.05) is 0 Å². The minimum atomic E-state index is -0.593. The Kier molecular flexibility index (Phi) is 3.06. The molecule has 0 fully saturated rings. The predicted molar refractivity (Wildman–Crippen MR) is 70.7 cm³/mol. The van der Waals surface area contributed by atoms with Gasteiger partial charge in [-0.1, -0.05) is 0 Å². The Hall–Kier alpha value is -1.56. The first-order valence-corrected chi connectivity index (χ1v) is 6.17. The zero-order valence-corrected chi connectivity index (χ0v) is 11.9. The number of ether oxygens (including phenoxy) is 1. The zero-order chi connectivity index (χ0) is 13.5. The van der Waals surface area contributed by atoms with Crippen LogP contribution < -0.4 is 0 Å². The number of pyridine rings is 1. The summed E-state index contributed by atoms with van der Waals surface area (Å²) in [6.07, 6.45) is -0.539. The molecule has 2 heterocycles. The van der Waals surface area contributed by atoms with Crippen molar-refractivity contribution in [1.82, 2.24) is 9.55 Å². The molecule has 0 aliphatic carbocycles. The summed E-state index contributed by atoms with van der Waals surface area (Å²) in [5.41, 5.74) is -0.236. The first-order chi connectivity index (χ1) is 8.28. The number of rotatable bonds is 0. The van der Waals surface area contributed by atoms with Gasteiger partial charge in [-0.15, -0.1) is 0 Å². The number of aromatic hydroxyl groups is 1. The Balaban J connectivity index is 2.53. The van der Waals surface area contributed by atoms with Crippen LogP contribution in [0.25, 0.3) is 11.0 Å². The summed E-state index contributed by atoms with van der Waals surface area (Å²) in [7, 11) is 0. The summed E-state index contributed by atoms with van der Waals surface area (Å²) in [5, 5.41) is 10.1. The highest BCUT2D eigenvalue weighted by Gasteiger charge is 2.22. The van der Waals surface area contributed by atoms with Gasteiger partial charge in [-0.2, -0.15) is 4.98 Å². The van der Waals surface area contributed by atoms with Crippen LogP contribution in [0.15, 0.2) is 22.8 Å². The van der Waals surface area contributed by atoms with Crippen LogP contribution in [0.1, 0.15) is 20.8 Å². The van der Waals surface area contributed by atoms with Gasteiger partial charge in [0.05, 0.1) is 4.60 Å². The Labute approximate surface area is 113 Å². The molecule has 6 heteroatoms. The first-order valence-electron chi connectivity index (χ1n) is 5.38. The van der Waals surface area contributed by atoms with Gasteiger partial charge in [0, 0.05) is 11.5 Å². The van der Waals surface area contributed by atoms with Crippen LogP contribution in [0, 0.1) is 0 Å². The van der Waals surface area contributed by atoms with Crippen molar-refractivity contribution in [3.8, 4) is 5.88 Å². The number of carbonyl (C=O) groups is 1. The number of hydrogen-bond acceptors (Lipinski definition) is 4. The van der Waals surface area contributed by atoms with Crippen molar-refractivity contribution in [2.24, 2.45) is 0 Å². The average molecular weight is 313 g/mol. The van der Waals surface area contributed by atoms with Gasteiger partial charge in [0.2, 0.25) is 5.88 Å². The molecule has 0 atom stereocenters. The fourth-order valence-corrected chi connectivity index (χ4v) is 2.08. The zero-order valence-electron chi connectivity index (χ0n) is 10.3. The van der Waals surface area contributed by atoms with Gasteiger partial charge >= 0.3 is 6.09 Å². The molecular formula is C12H13BrN2O3. The second-order valence-corrected chi connectivity index (χ2v) is 5.68. The van der Waals surface area contributed by atoms with Gasteiger partial charge in [-0.3, -0.25) is 0 Å². The van der Waals surface area contributed by atoms with Crippen molar-refractivity contribution in [2.45, 2.75) is 26.4 Å². The average Bonchev–Trinajstić information content (AvgIpc) is 2.50. The van der Waals surface area contributed by atoms with Crippen molar-refractivity contribution in [1.29, 1.82) is 0 Å². The largest absolute Gasteiger partial charge is 0.493 e. The van der Waals surface area contributed by atoms with E-state index in [9.17, 15) is 9.90 Å². The molecule has 0 saturated carbocycles. The fourth-order valence-electron chi connectivity index (χ4n) is 1.52. The number of fused-ring (bicyclic) bond motifs is 1. The van der Waals surface area contributed by atoms with Gasteiger partial charge in [-0.25, -0.2) is 9.36 Å². The van der Waals surface area contributed by atoms with Crippen molar-refractivity contribution < 1.29 is 14.6 Å². The van der Waals surface area contributed by atoms with Gasteiger partial charge < -0.3 is 9.84 Å². The molecule has 0 aliphatic heterocycles. The standard InChI is InChI=1S/C12H13BrN2O3/c1-12(2,3)18-11(17)15-8(13)6-7-4-5-9(16)14-10(7)15/h4-6H,1-3H3,(H,14,16). The van der Waals surface area contributed by atoms with E-state index in [1.165, 1.54) is 10.6 Å². The van der Waals surface area contributed by atoms with Crippen LogP contribution in [-0.4, -0.2) is 26.4 Å². The third-order valence-corrected chi connectivity index (χ3v) is 2.75. The lowest BCUT2D eigenvalue weighted by molar-refractivity contribution is 0.0540. The Morgan fingerprint density at radius 3 is 2.72 bits per heavy atom. The highest BCUT2D eigenvalue weighted by molar-refractivity contribution is 9.10. The molecule has 1 N–H and O–H groups in total. The number of halogens is 1. The van der Waals surface area contributed by atoms with E-state index in [2.05, 4.69) is 20.9 Å². The molecule has 0 spiro atoms. The van der Waals surface area contributed by atoms with E-state index < -0.39 is 11.7 Å². The monoisotopic (exact) mass is 312 g/mol. The molecule has 96 valence electrons. The summed E-state index contributed by atoms with van der Waals surface area (Å²) in [6.45, 7) is 5.36. The third kappa shape index (κ3) is 2.48. The third-order valence-electron chi connectivity index (χ3n) is 2.17. The van der Waals surface area contributed by atoms with Crippen LogP contribution in [0.2, 0.25) is 0 Å². The maximum absolute atomic E-state index is 12.1. The Morgan fingerprint density at radius 2 is 2.11 bits per heavy atom. The number of carbonyl (C=O) groups excluding carboxylic acids is 1. The lowest BCUT2D eigenvalue weighted by Crippen LogP contribution is -2.27. The molecule has 2 aromatic rings. The number of aromatic nitrogens is 2. The smallest absolute Gasteiger partial charge is 0.421 e. The maximum atomic E-state index is 12.1. The predicted octanol–water partition coefficient (Wildman–Crippen LogP) is 3.29. The van der Waals surface area contributed by atoms with Crippen molar-refractivity contribution in [3.05, 3.63) is 22.8 Å². The van der Waals surface area contributed by atoms with Crippen molar-refractivity contribution >= 4 is 33.1 Å². The molecule has 0 aromatic carbocycles. The Bertz CT molecular complexity index is 614. The van der Waals surface area contributed by atoms with Crippen LogP contribution in [-0.2, 0) is 4.74 Å². The first kappa shape index (κ1) is 12.9. The van der Waals surface area contributed by atoms with E-state index in [1.54, 1.807) is 32.9 Å².